The second kappa shape index (κ2) is 9.47. The number of anilines is 1. The molecular formula is C24H27N3O3S. The topological polar surface area (TPSA) is 75.4 Å². The van der Waals surface area contributed by atoms with Crippen molar-refractivity contribution < 1.29 is 14.0 Å². The lowest BCUT2D eigenvalue weighted by Crippen LogP contribution is -2.41. The molecule has 0 spiro atoms. The number of carbonyl (C=O) groups is 2. The first-order chi connectivity index (χ1) is 15.0. The van der Waals surface area contributed by atoms with Crippen molar-refractivity contribution in [1.82, 2.24) is 9.88 Å². The van der Waals surface area contributed by atoms with Gasteiger partial charge in [0.1, 0.15) is 6.26 Å². The largest absolute Gasteiger partial charge is 0.472 e. The van der Waals surface area contributed by atoms with Crippen LogP contribution in [0.15, 0.2) is 52.7 Å². The van der Waals surface area contributed by atoms with Gasteiger partial charge in [-0.1, -0.05) is 38.1 Å². The Labute approximate surface area is 186 Å². The highest BCUT2D eigenvalue weighted by atomic mass is 32.1. The van der Waals surface area contributed by atoms with E-state index < -0.39 is 0 Å². The Kier molecular flexibility index (Phi) is 6.51. The number of amides is 2. The zero-order chi connectivity index (χ0) is 21.8. The predicted molar refractivity (Wildman–Crippen MR) is 122 cm³/mol. The molecule has 0 saturated carbocycles. The summed E-state index contributed by atoms with van der Waals surface area (Å²) in [6.45, 7) is 5.54. The second-order valence-electron chi connectivity index (χ2n) is 8.04. The Morgan fingerprint density at radius 1 is 1.23 bits per heavy atom. The van der Waals surface area contributed by atoms with Crippen molar-refractivity contribution in [2.45, 2.75) is 39.0 Å². The van der Waals surface area contributed by atoms with Crippen molar-refractivity contribution in [2.24, 2.45) is 5.92 Å². The van der Waals surface area contributed by atoms with E-state index in [2.05, 4.69) is 48.4 Å². The molecule has 0 aliphatic carbocycles. The highest BCUT2D eigenvalue weighted by Gasteiger charge is 2.28. The summed E-state index contributed by atoms with van der Waals surface area (Å²) in [5.41, 5.74) is 3.80. The van der Waals surface area contributed by atoms with Gasteiger partial charge in [-0.05, 0) is 36.8 Å². The minimum Gasteiger partial charge on any atom is -0.472 e. The maximum atomic E-state index is 12.7. The maximum absolute atomic E-state index is 12.7. The van der Waals surface area contributed by atoms with E-state index in [0.29, 0.717) is 42.5 Å². The van der Waals surface area contributed by atoms with Crippen LogP contribution in [0.25, 0.3) is 11.3 Å². The number of likely N-dealkylation sites (tertiary alicyclic amines) is 1. The minimum absolute atomic E-state index is 0.0246. The molecule has 162 valence electrons. The summed E-state index contributed by atoms with van der Waals surface area (Å²) in [5.74, 6) is 0.358. The highest BCUT2D eigenvalue weighted by Crippen LogP contribution is 2.28. The maximum Gasteiger partial charge on any atom is 0.257 e. The van der Waals surface area contributed by atoms with Gasteiger partial charge in [0.05, 0.1) is 17.5 Å². The molecule has 1 fully saturated rings. The molecule has 1 aliphatic rings. The number of hydrogen-bond acceptors (Lipinski definition) is 5. The third kappa shape index (κ3) is 4.88. The summed E-state index contributed by atoms with van der Waals surface area (Å²) >= 11 is 1.44. The Hall–Kier alpha value is -2.93. The zero-order valence-corrected chi connectivity index (χ0v) is 18.7. The number of carbonyl (C=O) groups excluding carboxylic acids is 2. The van der Waals surface area contributed by atoms with Crippen LogP contribution in [0.4, 0.5) is 5.13 Å². The standard InChI is InChI=1S/C24H27N3O3S/c1-3-16(2)17-4-6-18(7-5-17)21-15-31-24(25-21)26-22(28)19-8-11-27(12-9-19)23(29)20-10-13-30-14-20/h4-7,10,13-16,19H,3,8-9,11-12H2,1-2H3,(H,25,26,28)/t16-/m1/s1. The lowest BCUT2D eigenvalue weighted by Gasteiger charge is -2.30. The van der Waals surface area contributed by atoms with Gasteiger partial charge in [-0.15, -0.1) is 11.3 Å². The average Bonchev–Trinajstić information content (AvgIpc) is 3.51. The smallest absolute Gasteiger partial charge is 0.257 e. The minimum atomic E-state index is -0.115. The molecule has 1 aromatic carbocycles. The molecule has 1 N–H and O–H groups in total. The van der Waals surface area contributed by atoms with Gasteiger partial charge in [-0.3, -0.25) is 9.59 Å². The monoisotopic (exact) mass is 437 g/mol. The molecule has 1 aliphatic heterocycles. The quantitative estimate of drug-likeness (QED) is 0.560. The van der Waals surface area contributed by atoms with Crippen LogP contribution in [0.1, 0.15) is 54.9 Å². The van der Waals surface area contributed by atoms with Crippen molar-refractivity contribution in [2.75, 3.05) is 18.4 Å². The Morgan fingerprint density at radius 2 is 1.97 bits per heavy atom. The molecule has 4 rings (SSSR count). The number of aromatic nitrogens is 1. The van der Waals surface area contributed by atoms with Crippen LogP contribution in [0, 0.1) is 5.92 Å². The van der Waals surface area contributed by atoms with Crippen molar-refractivity contribution in [3.63, 3.8) is 0 Å². The normalized spacial score (nSPS) is 15.6. The second-order valence-corrected chi connectivity index (χ2v) is 8.90. The Balaban J connectivity index is 1.32. The fraction of sp³-hybridized carbons (Fsp3) is 0.375. The SMILES string of the molecule is CC[C@@H](C)c1ccc(-c2csc(NC(=O)C3CCN(C(=O)c4ccoc4)CC3)n2)cc1. The number of rotatable bonds is 6. The molecule has 3 aromatic rings. The first-order valence-corrected chi connectivity index (χ1v) is 11.6. The molecule has 31 heavy (non-hydrogen) atoms. The zero-order valence-electron chi connectivity index (χ0n) is 17.8. The molecule has 1 atom stereocenters. The number of thiazole rings is 1. The Bertz CT molecular complexity index is 1020. The molecule has 7 heteroatoms. The number of nitrogens with one attached hydrogen (secondary N) is 1. The molecule has 1 saturated heterocycles. The van der Waals surface area contributed by atoms with Crippen molar-refractivity contribution in [3.05, 3.63) is 59.4 Å². The first kappa shape index (κ1) is 21.3. The van der Waals surface area contributed by atoms with Crippen LogP contribution in [-0.2, 0) is 4.79 Å². The van der Waals surface area contributed by atoms with Crippen LogP contribution in [0.5, 0.6) is 0 Å². The molecule has 2 aromatic heterocycles. The fourth-order valence-corrected chi connectivity index (χ4v) is 4.53. The number of furan rings is 1. The van der Waals surface area contributed by atoms with E-state index >= 15 is 0 Å². The van der Waals surface area contributed by atoms with Crippen LogP contribution >= 0.6 is 11.3 Å². The van der Waals surface area contributed by atoms with Gasteiger partial charge in [-0.2, -0.15) is 0 Å². The van der Waals surface area contributed by atoms with E-state index in [1.807, 2.05) is 5.38 Å². The fourth-order valence-electron chi connectivity index (χ4n) is 3.80. The van der Waals surface area contributed by atoms with E-state index in [4.69, 9.17) is 4.42 Å². The summed E-state index contributed by atoms with van der Waals surface area (Å²) in [4.78, 5) is 31.5. The average molecular weight is 438 g/mol. The number of hydrogen-bond donors (Lipinski definition) is 1. The van der Waals surface area contributed by atoms with Gasteiger partial charge in [0, 0.05) is 30.0 Å². The first-order valence-electron chi connectivity index (χ1n) is 10.7. The molecule has 0 bridgehead atoms. The van der Waals surface area contributed by atoms with Gasteiger partial charge in [0.15, 0.2) is 5.13 Å². The molecule has 2 amide bonds. The summed E-state index contributed by atoms with van der Waals surface area (Å²) in [5, 5.41) is 5.55. The molecule has 0 unspecified atom stereocenters. The van der Waals surface area contributed by atoms with Gasteiger partial charge in [0.2, 0.25) is 5.91 Å². The molecule has 3 heterocycles. The lowest BCUT2D eigenvalue weighted by atomic mass is 9.95. The van der Waals surface area contributed by atoms with Gasteiger partial charge < -0.3 is 14.6 Å². The number of benzene rings is 1. The van der Waals surface area contributed by atoms with Gasteiger partial charge in [-0.25, -0.2) is 4.98 Å². The lowest BCUT2D eigenvalue weighted by molar-refractivity contribution is -0.121. The Morgan fingerprint density at radius 3 is 2.61 bits per heavy atom. The molecular weight excluding hydrogens is 410 g/mol. The van der Waals surface area contributed by atoms with E-state index in [0.717, 1.165) is 17.7 Å². The van der Waals surface area contributed by atoms with Gasteiger partial charge >= 0.3 is 0 Å². The van der Waals surface area contributed by atoms with E-state index in [-0.39, 0.29) is 17.7 Å². The molecule has 6 nitrogen and oxygen atoms in total. The number of piperidine rings is 1. The van der Waals surface area contributed by atoms with Crippen LogP contribution in [0.3, 0.4) is 0 Å². The van der Waals surface area contributed by atoms with E-state index in [1.54, 1.807) is 11.0 Å². The van der Waals surface area contributed by atoms with E-state index in [1.165, 1.54) is 29.4 Å². The highest BCUT2D eigenvalue weighted by molar-refractivity contribution is 7.14. The van der Waals surface area contributed by atoms with Crippen LogP contribution < -0.4 is 5.32 Å². The third-order valence-corrected chi connectivity index (χ3v) is 6.80. The third-order valence-electron chi connectivity index (χ3n) is 6.04. The summed E-state index contributed by atoms with van der Waals surface area (Å²) in [7, 11) is 0. The summed E-state index contributed by atoms with van der Waals surface area (Å²) in [6, 6.07) is 10.2. The summed E-state index contributed by atoms with van der Waals surface area (Å²) < 4.78 is 4.99. The van der Waals surface area contributed by atoms with Crippen molar-refractivity contribution in [3.8, 4) is 11.3 Å². The van der Waals surface area contributed by atoms with Crippen molar-refractivity contribution >= 4 is 28.3 Å². The molecule has 0 radical (unpaired) electrons. The van der Waals surface area contributed by atoms with Crippen LogP contribution in [-0.4, -0.2) is 34.8 Å². The van der Waals surface area contributed by atoms with Gasteiger partial charge in [0.25, 0.3) is 5.91 Å². The number of nitrogens with zero attached hydrogens (tertiary/aromatic N) is 2. The van der Waals surface area contributed by atoms with E-state index in [9.17, 15) is 9.59 Å². The summed E-state index contributed by atoms with van der Waals surface area (Å²) in [6.07, 6.45) is 5.35. The van der Waals surface area contributed by atoms with Crippen molar-refractivity contribution in [1.29, 1.82) is 0 Å². The van der Waals surface area contributed by atoms with Crippen LogP contribution in [0.2, 0.25) is 0 Å². The predicted octanol–water partition coefficient (Wildman–Crippen LogP) is 5.41.